The molecule has 0 N–H and O–H groups in total. The van der Waals surface area contributed by atoms with E-state index in [-0.39, 0.29) is 5.91 Å². The minimum absolute atomic E-state index is 0.0932. The summed E-state index contributed by atoms with van der Waals surface area (Å²) in [5.74, 6) is 2.72. The Kier molecular flexibility index (Phi) is 8.20. The molecule has 0 aliphatic carbocycles. The first-order valence-electron chi connectivity index (χ1n) is 9.90. The Labute approximate surface area is 192 Å². The van der Waals surface area contributed by atoms with Gasteiger partial charge in [0.05, 0.1) is 31.8 Å². The first kappa shape index (κ1) is 23.0. The average molecular weight is 460 g/mol. The van der Waals surface area contributed by atoms with Gasteiger partial charge in [-0.25, -0.2) is 0 Å². The standard InChI is InChI=1S/C23H25NO5S2/c1-4-27-20-13-16(14-21-22(25)24(2)23(30)31-21)9-10-19(20)29-12-6-11-28-18-8-5-7-17(15-18)26-3/h5,7-10,13-15H,4,6,11-12H2,1-3H3. The van der Waals surface area contributed by atoms with Crippen LogP contribution in [0.25, 0.3) is 6.08 Å². The molecule has 8 heteroatoms. The molecule has 0 unspecified atom stereocenters. The van der Waals surface area contributed by atoms with E-state index in [1.54, 1.807) is 14.2 Å². The molecule has 31 heavy (non-hydrogen) atoms. The topological polar surface area (TPSA) is 57.2 Å². The number of benzene rings is 2. The number of ether oxygens (including phenoxy) is 4. The average Bonchev–Trinajstić information content (AvgIpc) is 3.01. The number of rotatable bonds is 10. The van der Waals surface area contributed by atoms with E-state index in [4.69, 9.17) is 31.2 Å². The molecule has 2 aromatic carbocycles. The van der Waals surface area contributed by atoms with Gasteiger partial charge >= 0.3 is 0 Å². The van der Waals surface area contributed by atoms with Crippen LogP contribution in [-0.2, 0) is 4.79 Å². The molecule has 0 saturated carbocycles. The highest BCUT2D eigenvalue weighted by atomic mass is 32.2. The molecule has 6 nitrogen and oxygen atoms in total. The van der Waals surface area contributed by atoms with E-state index in [1.165, 1.54) is 16.7 Å². The lowest BCUT2D eigenvalue weighted by Gasteiger charge is -2.13. The summed E-state index contributed by atoms with van der Waals surface area (Å²) in [6.07, 6.45) is 2.53. The van der Waals surface area contributed by atoms with E-state index in [2.05, 4.69) is 0 Å². The zero-order valence-electron chi connectivity index (χ0n) is 17.8. The van der Waals surface area contributed by atoms with Gasteiger partial charge in [0.25, 0.3) is 5.91 Å². The van der Waals surface area contributed by atoms with Crippen LogP contribution in [0.1, 0.15) is 18.9 Å². The Morgan fingerprint density at radius 2 is 1.81 bits per heavy atom. The Morgan fingerprint density at radius 3 is 2.52 bits per heavy atom. The number of thioether (sulfide) groups is 1. The molecule has 2 aromatic rings. The van der Waals surface area contributed by atoms with Gasteiger partial charge in [0, 0.05) is 19.5 Å². The van der Waals surface area contributed by atoms with Crippen LogP contribution in [0.5, 0.6) is 23.0 Å². The molecule has 1 fully saturated rings. The van der Waals surface area contributed by atoms with Crippen LogP contribution in [0, 0.1) is 0 Å². The molecule has 164 valence electrons. The summed E-state index contributed by atoms with van der Waals surface area (Å²) < 4.78 is 23.1. The molecule has 0 atom stereocenters. The highest BCUT2D eigenvalue weighted by Gasteiger charge is 2.28. The largest absolute Gasteiger partial charge is 0.497 e. The number of carbonyl (C=O) groups is 1. The normalized spacial score (nSPS) is 14.8. The fourth-order valence-electron chi connectivity index (χ4n) is 2.82. The van der Waals surface area contributed by atoms with Gasteiger partial charge in [-0.05, 0) is 42.8 Å². The lowest BCUT2D eigenvalue weighted by molar-refractivity contribution is -0.121. The second kappa shape index (κ2) is 11.1. The van der Waals surface area contributed by atoms with E-state index in [0.29, 0.717) is 47.0 Å². The quantitative estimate of drug-likeness (QED) is 0.288. The molecule has 1 amide bonds. The summed E-state index contributed by atoms with van der Waals surface area (Å²) in [5, 5.41) is 0. The minimum atomic E-state index is -0.0932. The van der Waals surface area contributed by atoms with Crippen molar-refractivity contribution in [3.63, 3.8) is 0 Å². The predicted molar refractivity (Wildman–Crippen MR) is 127 cm³/mol. The number of carbonyl (C=O) groups excluding carboxylic acids is 1. The van der Waals surface area contributed by atoms with Gasteiger partial charge in [-0.1, -0.05) is 36.1 Å². The van der Waals surface area contributed by atoms with Crippen LogP contribution in [0.2, 0.25) is 0 Å². The molecular weight excluding hydrogens is 434 g/mol. The molecular formula is C23H25NO5S2. The molecule has 1 heterocycles. The SMILES string of the molecule is CCOc1cc(C=C2SC(=S)N(C)C2=O)ccc1OCCCOc1cccc(OC)c1. The number of methoxy groups -OCH3 is 1. The minimum Gasteiger partial charge on any atom is -0.497 e. The first-order chi connectivity index (χ1) is 15.0. The van der Waals surface area contributed by atoms with Crippen molar-refractivity contribution in [2.75, 3.05) is 34.0 Å². The summed E-state index contributed by atoms with van der Waals surface area (Å²) in [6, 6.07) is 13.1. The van der Waals surface area contributed by atoms with Crippen LogP contribution >= 0.6 is 24.0 Å². The fourth-order valence-corrected chi connectivity index (χ4v) is 4.00. The maximum atomic E-state index is 12.2. The molecule has 0 spiro atoms. The molecule has 1 aliphatic rings. The van der Waals surface area contributed by atoms with Crippen LogP contribution in [0.3, 0.4) is 0 Å². The lowest BCUT2D eigenvalue weighted by Crippen LogP contribution is -2.22. The van der Waals surface area contributed by atoms with Crippen LogP contribution < -0.4 is 18.9 Å². The van der Waals surface area contributed by atoms with E-state index in [0.717, 1.165) is 17.1 Å². The van der Waals surface area contributed by atoms with Crippen molar-refractivity contribution < 1.29 is 23.7 Å². The number of nitrogens with zero attached hydrogens (tertiary/aromatic N) is 1. The molecule has 1 aliphatic heterocycles. The Balaban J connectivity index is 1.57. The number of hydrogen-bond acceptors (Lipinski definition) is 7. The van der Waals surface area contributed by atoms with Crippen molar-refractivity contribution in [2.24, 2.45) is 0 Å². The Morgan fingerprint density at radius 1 is 1.03 bits per heavy atom. The smallest absolute Gasteiger partial charge is 0.265 e. The summed E-state index contributed by atoms with van der Waals surface area (Å²) >= 11 is 6.47. The summed E-state index contributed by atoms with van der Waals surface area (Å²) in [7, 11) is 3.31. The van der Waals surface area contributed by atoms with Gasteiger partial charge in [0.15, 0.2) is 11.5 Å². The van der Waals surface area contributed by atoms with Crippen molar-refractivity contribution in [2.45, 2.75) is 13.3 Å². The second-order valence-electron chi connectivity index (χ2n) is 6.61. The van der Waals surface area contributed by atoms with Crippen LogP contribution in [0.15, 0.2) is 47.4 Å². The number of hydrogen-bond donors (Lipinski definition) is 0. The molecule has 0 aromatic heterocycles. The first-order valence-corrected chi connectivity index (χ1v) is 11.1. The number of likely N-dealkylation sites (N-methyl/N-ethyl adjacent to an activating group) is 1. The summed E-state index contributed by atoms with van der Waals surface area (Å²) in [5.41, 5.74) is 0.853. The zero-order valence-corrected chi connectivity index (χ0v) is 19.4. The van der Waals surface area contributed by atoms with E-state index >= 15 is 0 Å². The zero-order chi connectivity index (χ0) is 22.2. The van der Waals surface area contributed by atoms with Crippen LogP contribution in [0.4, 0.5) is 0 Å². The van der Waals surface area contributed by atoms with Crippen molar-refractivity contribution in [3.05, 3.63) is 52.9 Å². The molecule has 3 rings (SSSR count). The fraction of sp³-hybridized carbons (Fsp3) is 0.304. The Bertz CT molecular complexity index is 976. The van der Waals surface area contributed by atoms with E-state index < -0.39 is 0 Å². The van der Waals surface area contributed by atoms with E-state index in [9.17, 15) is 4.79 Å². The van der Waals surface area contributed by atoms with Gasteiger partial charge < -0.3 is 18.9 Å². The second-order valence-corrected chi connectivity index (χ2v) is 8.29. The predicted octanol–water partition coefficient (Wildman–Crippen LogP) is 4.77. The maximum Gasteiger partial charge on any atom is 0.265 e. The number of amides is 1. The van der Waals surface area contributed by atoms with Crippen molar-refractivity contribution in [1.29, 1.82) is 0 Å². The van der Waals surface area contributed by atoms with Crippen LogP contribution in [-0.4, -0.2) is 49.1 Å². The Hall–Kier alpha value is -2.71. The van der Waals surface area contributed by atoms with Crippen molar-refractivity contribution in [1.82, 2.24) is 4.90 Å². The van der Waals surface area contributed by atoms with Gasteiger partial charge in [0.2, 0.25) is 0 Å². The van der Waals surface area contributed by atoms with Gasteiger partial charge in [-0.2, -0.15) is 0 Å². The summed E-state index contributed by atoms with van der Waals surface area (Å²) in [4.78, 5) is 14.3. The van der Waals surface area contributed by atoms with Gasteiger partial charge in [-0.15, -0.1) is 0 Å². The van der Waals surface area contributed by atoms with E-state index in [1.807, 2.05) is 55.5 Å². The highest BCUT2D eigenvalue weighted by Crippen LogP contribution is 2.34. The molecule has 0 bridgehead atoms. The third-order valence-corrected chi connectivity index (χ3v) is 5.89. The summed E-state index contributed by atoms with van der Waals surface area (Å²) in [6.45, 7) is 3.43. The maximum absolute atomic E-state index is 12.2. The third-order valence-electron chi connectivity index (χ3n) is 4.41. The monoisotopic (exact) mass is 459 g/mol. The molecule has 1 saturated heterocycles. The molecule has 0 radical (unpaired) electrons. The third kappa shape index (κ3) is 6.15. The number of thiocarbonyl (C=S) groups is 1. The van der Waals surface area contributed by atoms with Crippen molar-refractivity contribution in [3.8, 4) is 23.0 Å². The van der Waals surface area contributed by atoms with Crippen molar-refractivity contribution >= 4 is 40.3 Å². The highest BCUT2D eigenvalue weighted by molar-refractivity contribution is 8.26. The van der Waals surface area contributed by atoms with Gasteiger partial charge in [-0.3, -0.25) is 9.69 Å². The lowest BCUT2D eigenvalue weighted by atomic mass is 10.2. The van der Waals surface area contributed by atoms with Gasteiger partial charge in [0.1, 0.15) is 15.8 Å².